The van der Waals surface area contributed by atoms with Crippen LogP contribution >= 0.6 is 9.39 Å². The highest BCUT2D eigenvalue weighted by atomic mass is 32.2. The molecule has 5 rings (SSSR count). The van der Waals surface area contributed by atoms with Crippen LogP contribution in [0.1, 0.15) is 5.69 Å². The van der Waals surface area contributed by atoms with Crippen LogP contribution in [0.5, 0.6) is 0 Å². The first kappa shape index (κ1) is 17.9. The summed E-state index contributed by atoms with van der Waals surface area (Å²) in [6.07, 6.45) is 3.63. The minimum Gasteiger partial charge on any atom is -0.362 e. The minimum absolute atomic E-state index is 0.815. The van der Waals surface area contributed by atoms with E-state index in [0.29, 0.717) is 0 Å². The van der Waals surface area contributed by atoms with E-state index in [0.717, 1.165) is 25.3 Å². The molecule has 29 heavy (non-hydrogen) atoms. The summed E-state index contributed by atoms with van der Waals surface area (Å²) in [6, 6.07) is 23.6. The predicted octanol–water partition coefficient (Wildman–Crippen LogP) is 5.03. The van der Waals surface area contributed by atoms with Crippen molar-refractivity contribution >= 4 is 43.3 Å². The molecule has 2 heterocycles. The van der Waals surface area contributed by atoms with Crippen LogP contribution in [-0.2, 0) is 6.54 Å². The van der Waals surface area contributed by atoms with Gasteiger partial charge in [-0.2, -0.15) is 0 Å². The fourth-order valence-corrected chi connectivity index (χ4v) is 6.27. The molecule has 0 saturated carbocycles. The monoisotopic (exact) mass is 400 g/mol. The average molecular weight is 401 g/mol. The molecule has 0 amide bonds. The smallest absolute Gasteiger partial charge is 0.0922 e. The molecule has 0 spiro atoms. The quantitative estimate of drug-likeness (QED) is 0.488. The molecule has 1 aliphatic rings. The maximum atomic E-state index is 4.68. The van der Waals surface area contributed by atoms with E-state index in [1.54, 1.807) is 6.33 Å². The highest BCUT2D eigenvalue weighted by Gasteiger charge is 2.26. The lowest BCUT2D eigenvalue weighted by Crippen LogP contribution is -2.39. The predicted molar refractivity (Wildman–Crippen MR) is 127 cm³/mol. The van der Waals surface area contributed by atoms with Crippen molar-refractivity contribution in [2.75, 3.05) is 22.3 Å². The number of imidazole rings is 1. The van der Waals surface area contributed by atoms with Crippen LogP contribution in [0, 0.1) is 0 Å². The SMILES string of the molecule is C=S(=C)(c1cccc2ccccc12)N1CCN(Cc2cnc[nH]2)c2ccccc21. The van der Waals surface area contributed by atoms with Crippen molar-refractivity contribution in [3.8, 4) is 0 Å². The van der Waals surface area contributed by atoms with Gasteiger partial charge in [-0.15, -0.1) is 9.39 Å². The molecule has 1 aliphatic heterocycles. The molecule has 1 aromatic heterocycles. The van der Waals surface area contributed by atoms with Gasteiger partial charge in [0.1, 0.15) is 0 Å². The molecule has 0 radical (unpaired) electrons. The Hall–Kier alpha value is -3.18. The van der Waals surface area contributed by atoms with Gasteiger partial charge in [0.25, 0.3) is 0 Å². The third kappa shape index (κ3) is 3.08. The zero-order valence-corrected chi connectivity index (χ0v) is 17.1. The van der Waals surface area contributed by atoms with Gasteiger partial charge < -0.3 is 14.2 Å². The molecule has 1 N–H and O–H groups in total. The number of benzene rings is 3. The second-order valence-electron chi connectivity index (χ2n) is 7.41. The van der Waals surface area contributed by atoms with Gasteiger partial charge in [0.05, 0.1) is 29.9 Å². The lowest BCUT2D eigenvalue weighted by Gasteiger charge is -2.42. The Labute approximate surface area is 172 Å². The fourth-order valence-electron chi connectivity index (χ4n) is 4.14. The standard InChI is InChI=1S/C24H24N4S/c1-29(2,24-13-7-9-19-8-3-4-10-21(19)24)28-15-14-27(17-20-16-25-18-26-20)22-11-5-6-12-23(22)28/h3-13,16,18H,1-2,14-15,17H2,(H,25,26). The summed E-state index contributed by atoms with van der Waals surface area (Å²) < 4.78 is 2.42. The molecular weight excluding hydrogens is 376 g/mol. The summed E-state index contributed by atoms with van der Waals surface area (Å²) in [5, 5.41) is 2.48. The molecule has 0 fully saturated rings. The third-order valence-corrected chi connectivity index (χ3v) is 7.96. The van der Waals surface area contributed by atoms with E-state index in [2.05, 4.69) is 97.6 Å². The normalized spacial score (nSPS) is 14.2. The number of hydrogen-bond acceptors (Lipinski definition) is 3. The molecule has 4 nitrogen and oxygen atoms in total. The van der Waals surface area contributed by atoms with Gasteiger partial charge in [0.2, 0.25) is 0 Å². The van der Waals surface area contributed by atoms with Crippen LogP contribution in [0.2, 0.25) is 0 Å². The number of nitrogens with one attached hydrogen (secondary N) is 1. The van der Waals surface area contributed by atoms with E-state index >= 15 is 0 Å². The van der Waals surface area contributed by atoms with Gasteiger partial charge in [-0.1, -0.05) is 60.3 Å². The summed E-state index contributed by atoms with van der Waals surface area (Å²) in [7, 11) is -1.70. The van der Waals surface area contributed by atoms with Crippen LogP contribution in [0.4, 0.5) is 11.4 Å². The lowest BCUT2D eigenvalue weighted by atomic mass is 10.1. The maximum absolute atomic E-state index is 4.68. The molecule has 146 valence electrons. The average Bonchev–Trinajstić information content (AvgIpc) is 3.26. The van der Waals surface area contributed by atoms with Crippen LogP contribution in [-0.4, -0.2) is 34.8 Å². The van der Waals surface area contributed by atoms with Crippen LogP contribution in [0.25, 0.3) is 10.8 Å². The summed E-state index contributed by atoms with van der Waals surface area (Å²) in [5.74, 6) is 9.35. The Bertz CT molecular complexity index is 1250. The number of anilines is 2. The number of aromatic nitrogens is 2. The topological polar surface area (TPSA) is 35.2 Å². The first-order valence-electron chi connectivity index (χ1n) is 9.71. The molecule has 3 aromatic carbocycles. The zero-order valence-electron chi connectivity index (χ0n) is 16.3. The Morgan fingerprint density at radius 1 is 0.897 bits per heavy atom. The van der Waals surface area contributed by atoms with Crippen molar-refractivity contribution in [3.05, 3.63) is 84.9 Å². The van der Waals surface area contributed by atoms with E-state index in [1.165, 1.54) is 27.0 Å². The first-order chi connectivity index (χ1) is 14.1. The molecule has 0 saturated heterocycles. The van der Waals surface area contributed by atoms with Crippen molar-refractivity contribution < 1.29 is 0 Å². The highest BCUT2D eigenvalue weighted by molar-refractivity contribution is 8.29. The third-order valence-electron chi connectivity index (χ3n) is 5.56. The second kappa shape index (κ2) is 7.01. The Balaban J connectivity index is 1.58. The summed E-state index contributed by atoms with van der Waals surface area (Å²) in [5.41, 5.74) is 3.54. The van der Waals surface area contributed by atoms with E-state index in [9.17, 15) is 0 Å². The fraction of sp³-hybridized carbons (Fsp3) is 0.125. The Kier molecular flexibility index (Phi) is 4.32. The molecule has 5 heteroatoms. The molecule has 0 bridgehead atoms. The van der Waals surface area contributed by atoms with E-state index in [1.807, 2.05) is 6.20 Å². The number of para-hydroxylation sites is 2. The number of rotatable bonds is 4. The van der Waals surface area contributed by atoms with Gasteiger partial charge in [0.15, 0.2) is 0 Å². The number of fused-ring (bicyclic) bond motifs is 2. The van der Waals surface area contributed by atoms with Gasteiger partial charge in [-0.25, -0.2) is 4.98 Å². The summed E-state index contributed by atoms with van der Waals surface area (Å²) in [4.78, 5) is 11.0. The van der Waals surface area contributed by atoms with E-state index < -0.39 is 9.39 Å². The van der Waals surface area contributed by atoms with Crippen molar-refractivity contribution in [1.82, 2.24) is 9.97 Å². The molecular formula is C24H24N4S. The molecule has 0 atom stereocenters. The summed E-state index contributed by atoms with van der Waals surface area (Å²) in [6.45, 7) is 2.62. The van der Waals surface area contributed by atoms with Gasteiger partial charge in [0, 0.05) is 24.2 Å². The Morgan fingerprint density at radius 2 is 1.66 bits per heavy atom. The minimum atomic E-state index is -1.70. The second-order valence-corrected chi connectivity index (χ2v) is 9.97. The Morgan fingerprint density at radius 3 is 2.48 bits per heavy atom. The van der Waals surface area contributed by atoms with Crippen LogP contribution in [0.3, 0.4) is 0 Å². The van der Waals surface area contributed by atoms with Gasteiger partial charge >= 0.3 is 0 Å². The lowest BCUT2D eigenvalue weighted by molar-refractivity contribution is 0.756. The van der Waals surface area contributed by atoms with Crippen LogP contribution < -0.4 is 9.21 Å². The van der Waals surface area contributed by atoms with Gasteiger partial charge in [-0.3, -0.25) is 0 Å². The molecule has 4 aromatic rings. The van der Waals surface area contributed by atoms with Crippen molar-refractivity contribution in [3.63, 3.8) is 0 Å². The number of H-pyrrole nitrogens is 1. The van der Waals surface area contributed by atoms with E-state index in [4.69, 9.17) is 0 Å². The zero-order chi connectivity index (χ0) is 19.8. The van der Waals surface area contributed by atoms with Crippen molar-refractivity contribution in [2.24, 2.45) is 0 Å². The van der Waals surface area contributed by atoms with Crippen LogP contribution in [0.15, 0.2) is 84.1 Å². The molecule has 0 aliphatic carbocycles. The maximum Gasteiger partial charge on any atom is 0.0922 e. The highest BCUT2D eigenvalue weighted by Crippen LogP contribution is 2.47. The van der Waals surface area contributed by atoms with Crippen molar-refractivity contribution in [2.45, 2.75) is 11.4 Å². The van der Waals surface area contributed by atoms with Crippen molar-refractivity contribution in [1.29, 1.82) is 0 Å². The largest absolute Gasteiger partial charge is 0.362 e. The number of aromatic amines is 1. The van der Waals surface area contributed by atoms with Gasteiger partial charge in [-0.05, 0) is 29.0 Å². The number of nitrogens with zero attached hydrogens (tertiary/aromatic N) is 3. The molecule has 0 unspecified atom stereocenters. The number of hydrogen-bond donors (Lipinski definition) is 1. The summed E-state index contributed by atoms with van der Waals surface area (Å²) >= 11 is 0. The van der Waals surface area contributed by atoms with E-state index in [-0.39, 0.29) is 0 Å². The first-order valence-corrected chi connectivity index (χ1v) is 11.6.